The van der Waals surface area contributed by atoms with Crippen molar-refractivity contribution in [1.29, 1.82) is 0 Å². The van der Waals surface area contributed by atoms with Gasteiger partial charge in [-0.05, 0) is 54.7 Å². The van der Waals surface area contributed by atoms with Crippen molar-refractivity contribution in [2.45, 2.75) is 40.0 Å². The molecule has 0 unspecified atom stereocenters. The molecule has 0 fully saturated rings. The number of carbonyl (C=O) groups excluding carboxylic acids is 2. The van der Waals surface area contributed by atoms with Gasteiger partial charge in [0.15, 0.2) is 23.9 Å². The van der Waals surface area contributed by atoms with Crippen LogP contribution in [0.3, 0.4) is 0 Å². The molecule has 0 atom stereocenters. The number of hydrogen-bond donors (Lipinski definition) is 0. The predicted molar refractivity (Wildman–Crippen MR) is 104 cm³/mol. The van der Waals surface area contributed by atoms with Gasteiger partial charge in [-0.1, -0.05) is 32.9 Å². The predicted octanol–water partition coefficient (Wildman–Crippen LogP) is 4.49. The summed E-state index contributed by atoms with van der Waals surface area (Å²) in [7, 11) is 1.48. The van der Waals surface area contributed by atoms with E-state index in [1.54, 1.807) is 24.3 Å². The number of benzene rings is 2. The first-order valence-corrected chi connectivity index (χ1v) is 8.75. The molecule has 0 amide bonds. The second kappa shape index (κ2) is 8.25. The molecule has 0 heterocycles. The SMILES string of the molecule is COc1cc(C(C)=O)ccc1OCC(=O)Oc1ccc(C(C)(C)C)cc1C. The van der Waals surface area contributed by atoms with Gasteiger partial charge in [0.1, 0.15) is 5.75 Å². The molecular formula is C22H26O5. The molecule has 0 aliphatic carbocycles. The Labute approximate surface area is 160 Å². The average Bonchev–Trinajstić information content (AvgIpc) is 2.60. The van der Waals surface area contributed by atoms with E-state index in [9.17, 15) is 9.59 Å². The first kappa shape index (κ1) is 20.5. The lowest BCUT2D eigenvalue weighted by atomic mass is 9.86. The third-order valence-electron chi connectivity index (χ3n) is 4.18. The summed E-state index contributed by atoms with van der Waals surface area (Å²) < 4.78 is 16.1. The summed E-state index contributed by atoms with van der Waals surface area (Å²) >= 11 is 0. The zero-order valence-electron chi connectivity index (χ0n) is 16.7. The van der Waals surface area contributed by atoms with Crippen LogP contribution in [0.25, 0.3) is 0 Å². The van der Waals surface area contributed by atoms with E-state index in [1.807, 2.05) is 19.1 Å². The Morgan fingerprint density at radius 1 is 0.963 bits per heavy atom. The van der Waals surface area contributed by atoms with Crippen LogP contribution in [0.15, 0.2) is 36.4 Å². The second-order valence-electron chi connectivity index (χ2n) is 7.41. The van der Waals surface area contributed by atoms with Crippen LogP contribution < -0.4 is 14.2 Å². The normalized spacial score (nSPS) is 11.0. The molecule has 0 saturated carbocycles. The summed E-state index contributed by atoms with van der Waals surface area (Å²) in [6.07, 6.45) is 0. The maximum Gasteiger partial charge on any atom is 0.349 e. The Bertz CT molecular complexity index is 846. The number of ketones is 1. The highest BCUT2D eigenvalue weighted by molar-refractivity contribution is 5.94. The lowest BCUT2D eigenvalue weighted by Crippen LogP contribution is -2.19. The van der Waals surface area contributed by atoms with E-state index in [4.69, 9.17) is 14.2 Å². The summed E-state index contributed by atoms with van der Waals surface area (Å²) in [5.41, 5.74) is 2.60. The smallest absolute Gasteiger partial charge is 0.349 e. The summed E-state index contributed by atoms with van der Waals surface area (Å²) in [5.74, 6) is 0.684. The van der Waals surface area contributed by atoms with E-state index in [0.717, 1.165) is 5.56 Å². The van der Waals surface area contributed by atoms with E-state index < -0.39 is 5.97 Å². The Balaban J connectivity index is 2.04. The van der Waals surface area contributed by atoms with E-state index in [1.165, 1.54) is 19.6 Å². The van der Waals surface area contributed by atoms with Gasteiger partial charge in [0, 0.05) is 5.56 Å². The van der Waals surface area contributed by atoms with E-state index >= 15 is 0 Å². The fourth-order valence-corrected chi connectivity index (χ4v) is 2.53. The van der Waals surface area contributed by atoms with Gasteiger partial charge in [0.05, 0.1) is 7.11 Å². The van der Waals surface area contributed by atoms with Crippen molar-refractivity contribution in [3.63, 3.8) is 0 Å². The summed E-state index contributed by atoms with van der Waals surface area (Å²) in [6.45, 7) is 9.50. The molecule has 2 aromatic rings. The number of hydrogen-bond acceptors (Lipinski definition) is 5. The molecule has 0 radical (unpaired) electrons. The van der Waals surface area contributed by atoms with Gasteiger partial charge in [-0.2, -0.15) is 0 Å². The molecule has 0 saturated heterocycles. The van der Waals surface area contributed by atoms with E-state index in [0.29, 0.717) is 22.8 Å². The molecule has 5 nitrogen and oxygen atoms in total. The quantitative estimate of drug-likeness (QED) is 0.426. The van der Waals surface area contributed by atoms with Crippen LogP contribution in [-0.2, 0) is 10.2 Å². The third-order valence-corrected chi connectivity index (χ3v) is 4.18. The van der Waals surface area contributed by atoms with Crippen LogP contribution in [0.1, 0.15) is 49.2 Å². The molecule has 0 aromatic heterocycles. The molecule has 0 aliphatic heterocycles. The van der Waals surface area contributed by atoms with Crippen molar-refractivity contribution in [1.82, 2.24) is 0 Å². The van der Waals surface area contributed by atoms with Crippen LogP contribution in [0, 0.1) is 6.92 Å². The third kappa shape index (κ3) is 5.33. The number of esters is 1. The topological polar surface area (TPSA) is 61.8 Å². The van der Waals surface area contributed by atoms with E-state index in [2.05, 4.69) is 20.8 Å². The number of ether oxygens (including phenoxy) is 3. The van der Waals surface area contributed by atoms with Gasteiger partial charge in [0.25, 0.3) is 0 Å². The minimum absolute atomic E-state index is 0.0268. The molecule has 2 aromatic carbocycles. The monoisotopic (exact) mass is 370 g/mol. The van der Waals surface area contributed by atoms with Crippen molar-refractivity contribution in [2.24, 2.45) is 0 Å². The van der Waals surface area contributed by atoms with Gasteiger partial charge >= 0.3 is 5.97 Å². The molecular weight excluding hydrogens is 344 g/mol. The lowest BCUT2D eigenvalue weighted by molar-refractivity contribution is -0.136. The zero-order valence-corrected chi connectivity index (χ0v) is 16.7. The van der Waals surface area contributed by atoms with Gasteiger partial charge < -0.3 is 14.2 Å². The molecule has 0 N–H and O–H groups in total. The second-order valence-corrected chi connectivity index (χ2v) is 7.41. The van der Waals surface area contributed by atoms with Gasteiger partial charge in [0.2, 0.25) is 0 Å². The first-order valence-electron chi connectivity index (χ1n) is 8.75. The van der Waals surface area contributed by atoms with Gasteiger partial charge in [-0.3, -0.25) is 4.79 Å². The maximum atomic E-state index is 12.2. The fraction of sp³-hybridized carbons (Fsp3) is 0.364. The lowest BCUT2D eigenvalue weighted by Gasteiger charge is -2.20. The Morgan fingerprint density at radius 3 is 2.19 bits per heavy atom. The van der Waals surface area contributed by atoms with Crippen LogP contribution in [0.5, 0.6) is 17.2 Å². The number of Topliss-reactive ketones (excluding diaryl/α,β-unsaturated/α-hetero) is 1. The maximum absolute atomic E-state index is 12.2. The Morgan fingerprint density at radius 2 is 1.63 bits per heavy atom. The summed E-state index contributed by atoms with van der Waals surface area (Å²) in [4.78, 5) is 23.6. The number of aryl methyl sites for hydroxylation is 1. The number of rotatable bonds is 6. The Hall–Kier alpha value is -2.82. The number of methoxy groups -OCH3 is 1. The first-order chi connectivity index (χ1) is 12.6. The standard InChI is InChI=1S/C22H26O5/c1-14-11-17(22(3,4)5)8-10-18(14)27-21(24)13-26-19-9-7-16(15(2)23)12-20(19)25-6/h7-12H,13H2,1-6H3. The van der Waals surface area contributed by atoms with Crippen molar-refractivity contribution >= 4 is 11.8 Å². The molecule has 0 spiro atoms. The van der Waals surface area contributed by atoms with Crippen LogP contribution in [0.2, 0.25) is 0 Å². The molecule has 2 rings (SSSR count). The minimum Gasteiger partial charge on any atom is -0.493 e. The van der Waals surface area contributed by atoms with Crippen LogP contribution in [0.4, 0.5) is 0 Å². The fourth-order valence-electron chi connectivity index (χ4n) is 2.53. The average molecular weight is 370 g/mol. The highest BCUT2D eigenvalue weighted by Crippen LogP contribution is 2.29. The highest BCUT2D eigenvalue weighted by Gasteiger charge is 2.16. The van der Waals surface area contributed by atoms with Gasteiger partial charge in [-0.15, -0.1) is 0 Å². The molecule has 27 heavy (non-hydrogen) atoms. The van der Waals surface area contributed by atoms with Crippen molar-refractivity contribution < 1.29 is 23.8 Å². The highest BCUT2D eigenvalue weighted by atomic mass is 16.6. The Kier molecular flexibility index (Phi) is 6.26. The van der Waals surface area contributed by atoms with Crippen molar-refractivity contribution in [2.75, 3.05) is 13.7 Å². The summed E-state index contributed by atoms with van der Waals surface area (Å²) in [5, 5.41) is 0. The molecule has 5 heteroatoms. The molecule has 0 aliphatic rings. The van der Waals surface area contributed by atoms with Gasteiger partial charge in [-0.25, -0.2) is 4.79 Å². The molecule has 0 bridgehead atoms. The zero-order chi connectivity index (χ0) is 20.2. The van der Waals surface area contributed by atoms with Crippen LogP contribution in [-0.4, -0.2) is 25.5 Å². The minimum atomic E-state index is -0.515. The van der Waals surface area contributed by atoms with Crippen LogP contribution >= 0.6 is 0 Å². The van der Waals surface area contributed by atoms with Crippen molar-refractivity contribution in [3.05, 3.63) is 53.1 Å². The van der Waals surface area contributed by atoms with Crippen molar-refractivity contribution in [3.8, 4) is 17.2 Å². The summed E-state index contributed by atoms with van der Waals surface area (Å²) in [6, 6.07) is 10.6. The largest absolute Gasteiger partial charge is 0.493 e. The number of carbonyl (C=O) groups is 2. The molecule has 144 valence electrons. The van der Waals surface area contributed by atoms with E-state index in [-0.39, 0.29) is 17.8 Å².